The molecule has 1 fully saturated rings. The zero-order chi connectivity index (χ0) is 12.5. The number of furan rings is 1. The Bertz CT molecular complexity index is 426. The average Bonchev–Trinajstić information content (AvgIpc) is 2.99. The molecule has 18 heavy (non-hydrogen) atoms. The van der Waals surface area contributed by atoms with E-state index >= 15 is 0 Å². The first-order chi connectivity index (χ1) is 8.74. The van der Waals surface area contributed by atoms with E-state index in [-0.39, 0.29) is 6.04 Å². The Hall–Kier alpha value is -1.45. The highest BCUT2D eigenvalue weighted by molar-refractivity contribution is 5.82. The molecule has 2 aliphatic heterocycles. The summed E-state index contributed by atoms with van der Waals surface area (Å²) in [6.45, 7) is 6.51. The van der Waals surface area contributed by atoms with E-state index in [1.807, 2.05) is 12.1 Å². The molecule has 1 N–H and O–H groups in total. The van der Waals surface area contributed by atoms with Crippen molar-refractivity contribution in [1.82, 2.24) is 10.2 Å². The van der Waals surface area contributed by atoms with Crippen molar-refractivity contribution in [2.45, 2.75) is 38.8 Å². The molecular weight excluding hydrogens is 226 g/mol. The lowest BCUT2D eigenvalue weighted by Gasteiger charge is -2.36. The molecule has 0 aliphatic carbocycles. The number of guanidine groups is 1. The van der Waals surface area contributed by atoms with Gasteiger partial charge in [-0.2, -0.15) is 0 Å². The van der Waals surface area contributed by atoms with Crippen molar-refractivity contribution in [3.05, 3.63) is 24.2 Å². The fourth-order valence-corrected chi connectivity index (χ4v) is 2.87. The molecule has 2 aliphatic rings. The number of hydrogen-bond donors (Lipinski definition) is 1. The molecular formula is C14H21N3O. The van der Waals surface area contributed by atoms with Gasteiger partial charge in [-0.1, -0.05) is 6.92 Å². The van der Waals surface area contributed by atoms with Gasteiger partial charge in [-0.25, -0.2) is 0 Å². The summed E-state index contributed by atoms with van der Waals surface area (Å²) in [5, 5.41) is 3.48. The van der Waals surface area contributed by atoms with E-state index in [1.165, 1.54) is 12.8 Å². The third kappa shape index (κ3) is 2.11. The molecule has 0 spiro atoms. The summed E-state index contributed by atoms with van der Waals surface area (Å²) in [4.78, 5) is 7.09. The summed E-state index contributed by atoms with van der Waals surface area (Å²) in [5.74, 6) is 2.78. The number of nitrogens with one attached hydrogen (secondary N) is 1. The summed E-state index contributed by atoms with van der Waals surface area (Å²) in [6, 6.07) is 4.72. The lowest BCUT2D eigenvalue weighted by atomic mass is 9.95. The third-order valence-electron chi connectivity index (χ3n) is 3.98. The largest absolute Gasteiger partial charge is 0.467 e. The van der Waals surface area contributed by atoms with Crippen LogP contribution in [0.25, 0.3) is 0 Å². The van der Waals surface area contributed by atoms with Crippen molar-refractivity contribution < 1.29 is 4.42 Å². The van der Waals surface area contributed by atoms with Crippen LogP contribution in [0.5, 0.6) is 0 Å². The molecule has 98 valence electrons. The van der Waals surface area contributed by atoms with Gasteiger partial charge in [0.05, 0.1) is 24.9 Å². The molecule has 0 amide bonds. The smallest absolute Gasteiger partial charge is 0.194 e. The number of piperidine rings is 1. The fraction of sp³-hybridized carbons (Fsp3) is 0.643. The first-order valence-corrected chi connectivity index (χ1v) is 6.85. The van der Waals surface area contributed by atoms with Crippen LogP contribution in [0, 0.1) is 5.92 Å². The maximum atomic E-state index is 5.43. The monoisotopic (exact) mass is 247 g/mol. The van der Waals surface area contributed by atoms with E-state index in [0.29, 0.717) is 6.04 Å². The number of aliphatic imine (C=N–C) groups is 1. The predicted octanol–water partition coefficient (Wildman–Crippen LogP) is 2.40. The Labute approximate surface area is 108 Å². The Kier molecular flexibility index (Phi) is 3.02. The van der Waals surface area contributed by atoms with Gasteiger partial charge in [0.2, 0.25) is 0 Å². The second-order valence-electron chi connectivity index (χ2n) is 5.53. The second-order valence-corrected chi connectivity index (χ2v) is 5.53. The van der Waals surface area contributed by atoms with E-state index in [1.54, 1.807) is 6.26 Å². The van der Waals surface area contributed by atoms with Crippen molar-refractivity contribution in [1.29, 1.82) is 0 Å². The van der Waals surface area contributed by atoms with Crippen molar-refractivity contribution >= 4 is 5.96 Å². The van der Waals surface area contributed by atoms with Crippen LogP contribution in [0.4, 0.5) is 0 Å². The highest BCUT2D eigenvalue weighted by Gasteiger charge is 2.33. The fourth-order valence-electron chi connectivity index (χ4n) is 2.87. The van der Waals surface area contributed by atoms with Crippen LogP contribution in [0.15, 0.2) is 27.8 Å². The number of nitrogens with zero attached hydrogens (tertiary/aromatic N) is 2. The SMILES string of the molecule is CC1CCC2CN=C(NC(C)c3ccco3)N2C1. The van der Waals surface area contributed by atoms with E-state index < -0.39 is 0 Å². The summed E-state index contributed by atoms with van der Waals surface area (Å²) in [7, 11) is 0. The molecule has 1 aromatic rings. The number of rotatable bonds is 2. The average molecular weight is 247 g/mol. The first-order valence-electron chi connectivity index (χ1n) is 6.85. The molecule has 1 aromatic heterocycles. The normalized spacial score (nSPS) is 28.8. The van der Waals surface area contributed by atoms with Gasteiger partial charge in [-0.3, -0.25) is 4.99 Å². The quantitative estimate of drug-likeness (QED) is 0.872. The highest BCUT2D eigenvalue weighted by Crippen LogP contribution is 2.26. The van der Waals surface area contributed by atoms with Crippen molar-refractivity contribution in [2.75, 3.05) is 13.1 Å². The molecule has 0 saturated carbocycles. The first kappa shape index (κ1) is 11.6. The van der Waals surface area contributed by atoms with Gasteiger partial charge < -0.3 is 14.6 Å². The van der Waals surface area contributed by atoms with E-state index in [4.69, 9.17) is 4.42 Å². The van der Waals surface area contributed by atoms with Gasteiger partial charge in [0.1, 0.15) is 5.76 Å². The van der Waals surface area contributed by atoms with Gasteiger partial charge in [0, 0.05) is 6.54 Å². The Balaban J connectivity index is 1.66. The lowest BCUT2D eigenvalue weighted by molar-refractivity contribution is 0.209. The molecule has 3 rings (SSSR count). The zero-order valence-corrected chi connectivity index (χ0v) is 11.1. The van der Waals surface area contributed by atoms with Gasteiger partial charge >= 0.3 is 0 Å². The Morgan fingerprint density at radius 2 is 2.39 bits per heavy atom. The molecule has 1 saturated heterocycles. The van der Waals surface area contributed by atoms with Crippen LogP contribution in [0.2, 0.25) is 0 Å². The minimum atomic E-state index is 0.176. The molecule has 3 atom stereocenters. The van der Waals surface area contributed by atoms with Crippen molar-refractivity contribution in [2.24, 2.45) is 10.9 Å². The lowest BCUT2D eigenvalue weighted by Crippen LogP contribution is -2.48. The molecule has 0 bridgehead atoms. The van der Waals surface area contributed by atoms with Gasteiger partial charge in [-0.15, -0.1) is 0 Å². The molecule has 0 aromatic carbocycles. The Morgan fingerprint density at radius 1 is 1.50 bits per heavy atom. The van der Waals surface area contributed by atoms with Crippen molar-refractivity contribution in [3.8, 4) is 0 Å². The Morgan fingerprint density at radius 3 is 3.17 bits per heavy atom. The topological polar surface area (TPSA) is 40.8 Å². The van der Waals surface area contributed by atoms with Gasteiger partial charge in [-0.05, 0) is 37.8 Å². The molecule has 4 heteroatoms. The van der Waals surface area contributed by atoms with Crippen LogP contribution in [-0.4, -0.2) is 30.0 Å². The third-order valence-corrected chi connectivity index (χ3v) is 3.98. The van der Waals surface area contributed by atoms with Crippen LogP contribution in [0.1, 0.15) is 38.5 Å². The van der Waals surface area contributed by atoms with Gasteiger partial charge in [0.25, 0.3) is 0 Å². The van der Waals surface area contributed by atoms with Crippen molar-refractivity contribution in [3.63, 3.8) is 0 Å². The summed E-state index contributed by atoms with van der Waals surface area (Å²) in [6.07, 6.45) is 4.32. The van der Waals surface area contributed by atoms with Crippen LogP contribution in [-0.2, 0) is 0 Å². The number of fused-ring (bicyclic) bond motifs is 1. The highest BCUT2D eigenvalue weighted by atomic mass is 16.3. The van der Waals surface area contributed by atoms with Crippen LogP contribution < -0.4 is 5.32 Å². The summed E-state index contributed by atoms with van der Waals surface area (Å²) >= 11 is 0. The van der Waals surface area contributed by atoms with Crippen LogP contribution >= 0.6 is 0 Å². The summed E-state index contributed by atoms with van der Waals surface area (Å²) in [5.41, 5.74) is 0. The minimum Gasteiger partial charge on any atom is -0.467 e. The summed E-state index contributed by atoms with van der Waals surface area (Å²) < 4.78 is 5.43. The van der Waals surface area contributed by atoms with E-state index in [0.717, 1.165) is 30.7 Å². The molecule has 4 nitrogen and oxygen atoms in total. The molecule has 3 heterocycles. The predicted molar refractivity (Wildman–Crippen MR) is 71.5 cm³/mol. The zero-order valence-electron chi connectivity index (χ0n) is 11.1. The number of hydrogen-bond acceptors (Lipinski definition) is 4. The molecule has 3 unspecified atom stereocenters. The van der Waals surface area contributed by atoms with Gasteiger partial charge in [0.15, 0.2) is 5.96 Å². The van der Waals surface area contributed by atoms with Crippen LogP contribution in [0.3, 0.4) is 0 Å². The standard InChI is InChI=1S/C14H21N3O/c1-10-5-6-12-8-15-14(17(12)9-10)16-11(2)13-4-3-7-18-13/h3-4,7,10-12H,5-6,8-9H2,1-2H3,(H,15,16). The second kappa shape index (κ2) is 4.67. The maximum absolute atomic E-state index is 5.43. The minimum absolute atomic E-state index is 0.176. The molecule has 0 radical (unpaired) electrons. The van der Waals surface area contributed by atoms with E-state index in [2.05, 4.69) is 29.1 Å². The maximum Gasteiger partial charge on any atom is 0.194 e. The van der Waals surface area contributed by atoms with E-state index in [9.17, 15) is 0 Å².